The third-order valence-corrected chi connectivity index (χ3v) is 5.03. The molecule has 28 heavy (non-hydrogen) atoms. The minimum Gasteiger partial charge on any atom is -0.384 e. The summed E-state index contributed by atoms with van der Waals surface area (Å²) in [6, 6.07) is 12.8. The van der Waals surface area contributed by atoms with Crippen molar-refractivity contribution in [2.24, 2.45) is 5.73 Å². The SMILES string of the molecule is COC(C=O)CN1CCN(c2ccc(-c3ccc(C(=N)N)c(Cl)c3)cc2)C1=O. The lowest BCUT2D eigenvalue weighted by atomic mass is 10.0. The van der Waals surface area contributed by atoms with Gasteiger partial charge in [0.15, 0.2) is 6.29 Å². The number of rotatable bonds is 7. The van der Waals surface area contributed by atoms with E-state index >= 15 is 0 Å². The molecule has 2 amide bonds. The largest absolute Gasteiger partial charge is 0.384 e. The van der Waals surface area contributed by atoms with E-state index in [0.717, 1.165) is 16.8 Å². The van der Waals surface area contributed by atoms with Gasteiger partial charge >= 0.3 is 6.03 Å². The number of methoxy groups -OCH3 is 1. The van der Waals surface area contributed by atoms with Crippen LogP contribution in [0.15, 0.2) is 42.5 Å². The molecule has 8 heteroatoms. The molecule has 3 N–H and O–H groups in total. The topological polar surface area (TPSA) is 99.7 Å². The number of amides is 2. The summed E-state index contributed by atoms with van der Waals surface area (Å²) in [5.41, 5.74) is 8.60. The van der Waals surface area contributed by atoms with Crippen molar-refractivity contribution in [3.05, 3.63) is 53.1 Å². The maximum Gasteiger partial charge on any atom is 0.324 e. The Morgan fingerprint density at radius 2 is 1.93 bits per heavy atom. The Balaban J connectivity index is 1.74. The van der Waals surface area contributed by atoms with Gasteiger partial charge in [-0.05, 0) is 35.4 Å². The van der Waals surface area contributed by atoms with E-state index in [1.165, 1.54) is 7.11 Å². The molecule has 2 aromatic carbocycles. The fraction of sp³-hybridized carbons (Fsp3) is 0.250. The number of urea groups is 1. The fourth-order valence-corrected chi connectivity index (χ4v) is 3.41. The van der Waals surface area contributed by atoms with Crippen molar-refractivity contribution in [2.75, 3.05) is 31.6 Å². The lowest BCUT2D eigenvalue weighted by Crippen LogP contribution is -2.38. The molecule has 0 spiro atoms. The summed E-state index contributed by atoms with van der Waals surface area (Å²) < 4.78 is 5.04. The number of nitrogens with zero attached hydrogens (tertiary/aromatic N) is 2. The van der Waals surface area contributed by atoms with E-state index < -0.39 is 6.10 Å². The van der Waals surface area contributed by atoms with Crippen LogP contribution in [0, 0.1) is 5.41 Å². The molecule has 3 rings (SSSR count). The third-order valence-electron chi connectivity index (χ3n) is 4.72. The first-order chi connectivity index (χ1) is 13.4. The highest BCUT2D eigenvalue weighted by Gasteiger charge is 2.31. The van der Waals surface area contributed by atoms with Crippen LogP contribution in [-0.4, -0.2) is 55.9 Å². The van der Waals surface area contributed by atoms with E-state index in [-0.39, 0.29) is 18.4 Å². The number of nitrogens with two attached hydrogens (primary N) is 1. The molecule has 146 valence electrons. The predicted molar refractivity (Wildman–Crippen MR) is 109 cm³/mol. The monoisotopic (exact) mass is 400 g/mol. The number of nitrogen functional groups attached to an aromatic ring is 1. The van der Waals surface area contributed by atoms with E-state index in [4.69, 9.17) is 27.5 Å². The van der Waals surface area contributed by atoms with Gasteiger partial charge in [0.1, 0.15) is 11.9 Å². The number of benzene rings is 2. The van der Waals surface area contributed by atoms with Gasteiger partial charge in [0, 0.05) is 31.5 Å². The second-order valence-corrected chi connectivity index (χ2v) is 6.85. The second kappa shape index (κ2) is 8.41. The highest BCUT2D eigenvalue weighted by Crippen LogP contribution is 2.28. The maximum absolute atomic E-state index is 12.6. The van der Waals surface area contributed by atoms with Gasteiger partial charge in [-0.15, -0.1) is 0 Å². The van der Waals surface area contributed by atoms with Crippen LogP contribution in [0.25, 0.3) is 11.1 Å². The van der Waals surface area contributed by atoms with Crippen LogP contribution in [0.3, 0.4) is 0 Å². The van der Waals surface area contributed by atoms with E-state index in [2.05, 4.69) is 0 Å². The van der Waals surface area contributed by atoms with Crippen LogP contribution >= 0.6 is 11.6 Å². The lowest BCUT2D eigenvalue weighted by Gasteiger charge is -2.20. The molecule has 1 aliphatic rings. The second-order valence-electron chi connectivity index (χ2n) is 6.45. The number of carbonyl (C=O) groups excluding carboxylic acids is 2. The number of carbonyl (C=O) groups is 2. The highest BCUT2D eigenvalue weighted by atomic mass is 35.5. The summed E-state index contributed by atoms with van der Waals surface area (Å²) >= 11 is 6.20. The Labute approximate surface area is 168 Å². The zero-order valence-corrected chi connectivity index (χ0v) is 16.1. The number of ether oxygens (including phenoxy) is 1. The summed E-state index contributed by atoms with van der Waals surface area (Å²) in [5, 5.41) is 7.92. The number of anilines is 1. The molecule has 1 saturated heterocycles. The highest BCUT2D eigenvalue weighted by molar-refractivity contribution is 6.34. The summed E-state index contributed by atoms with van der Waals surface area (Å²) in [4.78, 5) is 26.8. The first-order valence-electron chi connectivity index (χ1n) is 8.73. The van der Waals surface area contributed by atoms with Crippen LogP contribution in [0.2, 0.25) is 5.02 Å². The normalized spacial score (nSPS) is 15.0. The van der Waals surface area contributed by atoms with Crippen molar-refractivity contribution in [2.45, 2.75) is 6.10 Å². The van der Waals surface area contributed by atoms with Crippen LogP contribution in [0.5, 0.6) is 0 Å². The van der Waals surface area contributed by atoms with Gasteiger partial charge in [-0.3, -0.25) is 10.3 Å². The Bertz CT molecular complexity index is 901. The molecule has 0 radical (unpaired) electrons. The van der Waals surface area contributed by atoms with Crippen molar-refractivity contribution >= 4 is 35.4 Å². The van der Waals surface area contributed by atoms with Gasteiger partial charge in [-0.1, -0.05) is 29.8 Å². The predicted octanol–water partition coefficient (Wildman–Crippen LogP) is 2.75. The maximum atomic E-state index is 12.6. The van der Waals surface area contributed by atoms with Crippen molar-refractivity contribution in [1.29, 1.82) is 5.41 Å². The summed E-state index contributed by atoms with van der Waals surface area (Å²) in [5.74, 6) is -0.0747. The molecular weight excluding hydrogens is 380 g/mol. The van der Waals surface area contributed by atoms with E-state index in [0.29, 0.717) is 30.0 Å². The number of halogens is 1. The molecule has 7 nitrogen and oxygen atoms in total. The van der Waals surface area contributed by atoms with Crippen molar-refractivity contribution in [3.8, 4) is 11.1 Å². The number of hydrogen-bond acceptors (Lipinski definition) is 4. The summed E-state index contributed by atoms with van der Waals surface area (Å²) in [7, 11) is 1.45. The van der Waals surface area contributed by atoms with E-state index in [1.54, 1.807) is 21.9 Å². The standard InChI is InChI=1S/C20H21ClN4O3/c1-28-16(12-26)11-24-8-9-25(20(24)27)15-5-2-13(3-6-15)14-4-7-17(19(22)23)18(21)10-14/h2-7,10,12,16H,8-9,11H2,1H3,(H3,22,23). The lowest BCUT2D eigenvalue weighted by molar-refractivity contribution is -0.116. The molecule has 1 aliphatic heterocycles. The molecule has 0 aromatic heterocycles. The zero-order chi connectivity index (χ0) is 20.3. The van der Waals surface area contributed by atoms with Crippen LogP contribution in [-0.2, 0) is 9.53 Å². The number of aldehydes is 1. The van der Waals surface area contributed by atoms with Gasteiger partial charge in [0.2, 0.25) is 0 Å². The van der Waals surface area contributed by atoms with E-state index in [9.17, 15) is 9.59 Å². The minimum absolute atomic E-state index is 0.0747. The molecule has 0 aliphatic carbocycles. The third kappa shape index (κ3) is 4.00. The summed E-state index contributed by atoms with van der Waals surface area (Å²) in [6.07, 6.45) is 0.0850. The molecular formula is C20H21ClN4O3. The Morgan fingerprint density at radius 3 is 2.50 bits per heavy atom. The first kappa shape index (κ1) is 19.9. The molecule has 1 atom stereocenters. The van der Waals surface area contributed by atoms with Crippen LogP contribution < -0.4 is 10.6 Å². The van der Waals surface area contributed by atoms with Crippen LogP contribution in [0.4, 0.5) is 10.5 Å². The molecule has 1 unspecified atom stereocenters. The smallest absolute Gasteiger partial charge is 0.324 e. The fourth-order valence-electron chi connectivity index (χ4n) is 3.13. The molecule has 1 heterocycles. The number of amidine groups is 1. The first-order valence-corrected chi connectivity index (χ1v) is 9.11. The molecule has 1 fully saturated rings. The Kier molecular flexibility index (Phi) is 5.96. The van der Waals surface area contributed by atoms with Crippen molar-refractivity contribution in [1.82, 2.24) is 4.90 Å². The van der Waals surface area contributed by atoms with Gasteiger partial charge < -0.3 is 20.2 Å². The summed E-state index contributed by atoms with van der Waals surface area (Å²) in [6.45, 7) is 1.33. The Morgan fingerprint density at radius 1 is 1.25 bits per heavy atom. The van der Waals surface area contributed by atoms with Gasteiger partial charge in [-0.25, -0.2) is 4.79 Å². The average Bonchev–Trinajstić information content (AvgIpc) is 3.06. The molecule has 0 saturated carbocycles. The van der Waals surface area contributed by atoms with E-state index in [1.807, 2.05) is 30.3 Å². The Hall–Kier alpha value is -2.90. The van der Waals surface area contributed by atoms with Gasteiger partial charge in [0.05, 0.1) is 11.6 Å². The van der Waals surface area contributed by atoms with Crippen molar-refractivity contribution in [3.63, 3.8) is 0 Å². The number of nitrogens with one attached hydrogen (secondary N) is 1. The van der Waals surface area contributed by atoms with Gasteiger partial charge in [-0.2, -0.15) is 0 Å². The number of hydrogen-bond donors (Lipinski definition) is 2. The molecule has 0 bridgehead atoms. The zero-order valence-electron chi connectivity index (χ0n) is 15.4. The average molecular weight is 401 g/mol. The molecule has 2 aromatic rings. The van der Waals surface area contributed by atoms with Crippen molar-refractivity contribution < 1.29 is 14.3 Å². The van der Waals surface area contributed by atoms with Gasteiger partial charge in [0.25, 0.3) is 0 Å². The van der Waals surface area contributed by atoms with Crippen LogP contribution in [0.1, 0.15) is 5.56 Å². The minimum atomic E-state index is -0.617. The quantitative estimate of drug-likeness (QED) is 0.424.